The van der Waals surface area contributed by atoms with E-state index in [4.69, 9.17) is 4.74 Å². The second kappa shape index (κ2) is 6.40. The molecule has 4 rings (SSSR count). The Labute approximate surface area is 157 Å². The predicted molar refractivity (Wildman–Crippen MR) is 96.1 cm³/mol. The minimum atomic E-state index is -4.53. The van der Waals surface area contributed by atoms with Gasteiger partial charge >= 0.3 is 12.3 Å². The number of carbonyl (C=O) groups excluding carboxylic acids is 2. The Morgan fingerprint density at radius 1 is 1.11 bits per heavy atom. The Bertz CT molecular complexity index is 1070. The van der Waals surface area contributed by atoms with E-state index in [1.807, 2.05) is 6.07 Å². The van der Waals surface area contributed by atoms with E-state index in [0.29, 0.717) is 5.39 Å². The van der Waals surface area contributed by atoms with Crippen LogP contribution in [0.15, 0.2) is 54.6 Å². The predicted octanol–water partition coefficient (Wildman–Crippen LogP) is 4.85. The van der Waals surface area contributed by atoms with Crippen molar-refractivity contribution in [2.75, 3.05) is 4.90 Å². The Kier molecular flexibility index (Phi) is 4.14. The van der Waals surface area contributed by atoms with E-state index in [1.165, 1.54) is 24.0 Å². The van der Waals surface area contributed by atoms with E-state index in [0.717, 1.165) is 22.3 Å². The first kappa shape index (κ1) is 18.1. The molecular formula is C20H15F3N2O3. The molecule has 0 N–H and O–H groups in total. The molecule has 1 aliphatic heterocycles. The number of anilines is 1. The van der Waals surface area contributed by atoms with E-state index in [9.17, 15) is 22.8 Å². The van der Waals surface area contributed by atoms with Crippen LogP contribution in [-0.4, -0.2) is 22.6 Å². The van der Waals surface area contributed by atoms with Crippen LogP contribution in [-0.2, 0) is 17.5 Å². The molecule has 28 heavy (non-hydrogen) atoms. The average Bonchev–Trinajstić information content (AvgIpc) is 3.14. The van der Waals surface area contributed by atoms with E-state index < -0.39 is 29.8 Å². The van der Waals surface area contributed by atoms with Gasteiger partial charge in [-0.1, -0.05) is 36.4 Å². The monoisotopic (exact) mass is 388 g/mol. The summed E-state index contributed by atoms with van der Waals surface area (Å²) in [5.41, 5.74) is 0.0379. The average molecular weight is 388 g/mol. The zero-order valence-electron chi connectivity index (χ0n) is 14.7. The molecule has 0 saturated heterocycles. The summed E-state index contributed by atoms with van der Waals surface area (Å²) in [6.07, 6.45) is -5.26. The Balaban J connectivity index is 1.68. The van der Waals surface area contributed by atoms with Crippen molar-refractivity contribution in [3.05, 3.63) is 65.7 Å². The summed E-state index contributed by atoms with van der Waals surface area (Å²) >= 11 is 0. The quantitative estimate of drug-likeness (QED) is 0.631. The lowest BCUT2D eigenvalue weighted by atomic mass is 10.1. The fourth-order valence-electron chi connectivity index (χ4n) is 3.31. The summed E-state index contributed by atoms with van der Waals surface area (Å²) < 4.78 is 45.5. The van der Waals surface area contributed by atoms with Crippen molar-refractivity contribution in [2.45, 2.75) is 25.7 Å². The van der Waals surface area contributed by atoms with Gasteiger partial charge in [-0.25, -0.2) is 4.79 Å². The normalized spacial score (nSPS) is 16.5. The summed E-state index contributed by atoms with van der Waals surface area (Å²) in [5, 5.41) is 0.434. The van der Waals surface area contributed by atoms with Gasteiger partial charge in [-0.3, -0.25) is 14.3 Å². The second-order valence-corrected chi connectivity index (χ2v) is 6.53. The molecule has 0 aliphatic carbocycles. The molecule has 0 spiro atoms. The lowest BCUT2D eigenvalue weighted by Gasteiger charge is -2.19. The molecule has 0 bridgehead atoms. The van der Waals surface area contributed by atoms with Crippen LogP contribution < -0.4 is 4.90 Å². The van der Waals surface area contributed by atoms with Crippen LogP contribution in [0, 0.1) is 0 Å². The van der Waals surface area contributed by atoms with Crippen molar-refractivity contribution in [3.63, 3.8) is 0 Å². The first-order valence-corrected chi connectivity index (χ1v) is 8.54. The maximum atomic E-state index is 13.0. The number of aromatic nitrogens is 1. The van der Waals surface area contributed by atoms with Crippen LogP contribution in [0.2, 0.25) is 0 Å². The van der Waals surface area contributed by atoms with Crippen LogP contribution in [0.25, 0.3) is 10.9 Å². The largest absolute Gasteiger partial charge is 0.444 e. The van der Waals surface area contributed by atoms with Gasteiger partial charge in [0.15, 0.2) is 0 Å². The number of nitrogens with zero attached hydrogens (tertiary/aromatic N) is 2. The summed E-state index contributed by atoms with van der Waals surface area (Å²) in [4.78, 5) is 26.4. The van der Waals surface area contributed by atoms with Crippen molar-refractivity contribution in [1.29, 1.82) is 0 Å². The number of amides is 1. The number of halogens is 3. The topological polar surface area (TPSA) is 51.5 Å². The van der Waals surface area contributed by atoms with Crippen LogP contribution >= 0.6 is 0 Å². The zero-order chi connectivity index (χ0) is 20.1. The summed E-state index contributed by atoms with van der Waals surface area (Å²) in [7, 11) is 0. The van der Waals surface area contributed by atoms with Crippen LogP contribution in [0.3, 0.4) is 0 Å². The number of rotatable bonds is 2. The van der Waals surface area contributed by atoms with Gasteiger partial charge in [0.2, 0.25) is 0 Å². The Morgan fingerprint density at radius 3 is 2.50 bits per heavy atom. The van der Waals surface area contributed by atoms with Crippen molar-refractivity contribution in [3.8, 4) is 0 Å². The SMILES string of the molecule is C[C@H]1C(=O)n2c(cc3ccc(C(F)(F)F)cc32)N1C(=O)OCc1ccccc1. The van der Waals surface area contributed by atoms with E-state index in [2.05, 4.69) is 0 Å². The molecule has 0 unspecified atom stereocenters. The number of hydrogen-bond donors (Lipinski definition) is 0. The van der Waals surface area contributed by atoms with Gasteiger partial charge < -0.3 is 4.74 Å². The third-order valence-corrected chi connectivity index (χ3v) is 4.73. The molecule has 144 valence electrons. The van der Waals surface area contributed by atoms with Crippen molar-refractivity contribution in [2.24, 2.45) is 0 Å². The summed E-state index contributed by atoms with van der Waals surface area (Å²) in [6.45, 7) is 1.54. The van der Waals surface area contributed by atoms with Gasteiger partial charge in [0.1, 0.15) is 18.5 Å². The van der Waals surface area contributed by atoms with Crippen molar-refractivity contribution >= 4 is 28.7 Å². The van der Waals surface area contributed by atoms with Gasteiger partial charge in [0.25, 0.3) is 5.91 Å². The molecule has 1 aromatic heterocycles. The molecular weight excluding hydrogens is 373 g/mol. The number of ether oxygens (including phenoxy) is 1. The highest BCUT2D eigenvalue weighted by Gasteiger charge is 2.41. The first-order chi connectivity index (χ1) is 13.3. The summed E-state index contributed by atoms with van der Waals surface area (Å²) in [5.74, 6) is -0.286. The van der Waals surface area contributed by atoms with Gasteiger partial charge in [-0.15, -0.1) is 0 Å². The molecule has 2 heterocycles. The van der Waals surface area contributed by atoms with Crippen molar-refractivity contribution in [1.82, 2.24) is 4.57 Å². The first-order valence-electron chi connectivity index (χ1n) is 8.54. The van der Waals surface area contributed by atoms with E-state index in [-0.39, 0.29) is 17.9 Å². The zero-order valence-corrected chi connectivity index (χ0v) is 14.7. The highest BCUT2D eigenvalue weighted by atomic mass is 19.4. The highest BCUT2D eigenvalue weighted by Crippen LogP contribution is 2.37. The van der Waals surface area contributed by atoms with Crippen LogP contribution in [0.1, 0.15) is 22.8 Å². The lowest BCUT2D eigenvalue weighted by molar-refractivity contribution is -0.137. The third kappa shape index (κ3) is 2.90. The number of hydrogen-bond acceptors (Lipinski definition) is 3. The maximum absolute atomic E-state index is 13.0. The van der Waals surface area contributed by atoms with Crippen LogP contribution in [0.5, 0.6) is 0 Å². The highest BCUT2D eigenvalue weighted by molar-refractivity contribution is 6.10. The molecule has 8 heteroatoms. The molecule has 0 fully saturated rings. The minimum absolute atomic E-state index is 0.0233. The maximum Gasteiger partial charge on any atom is 0.416 e. The molecule has 3 aromatic rings. The van der Waals surface area contributed by atoms with Crippen LogP contribution in [0.4, 0.5) is 23.8 Å². The fraction of sp³-hybridized carbons (Fsp3) is 0.200. The molecule has 1 aliphatic rings. The number of alkyl halides is 3. The Morgan fingerprint density at radius 2 is 1.82 bits per heavy atom. The summed E-state index contributed by atoms with van der Waals surface area (Å²) in [6, 6.07) is 12.8. The third-order valence-electron chi connectivity index (χ3n) is 4.73. The minimum Gasteiger partial charge on any atom is -0.444 e. The van der Waals surface area contributed by atoms with Crippen molar-refractivity contribution < 1.29 is 27.5 Å². The fourth-order valence-corrected chi connectivity index (χ4v) is 3.31. The molecule has 0 radical (unpaired) electrons. The van der Waals surface area contributed by atoms with Gasteiger partial charge in [-0.2, -0.15) is 13.2 Å². The second-order valence-electron chi connectivity index (χ2n) is 6.53. The number of fused-ring (bicyclic) bond motifs is 3. The standard InChI is InChI=1S/C20H15F3N2O3/c1-12-18(26)25-16-10-15(20(21,22)23)8-7-14(16)9-17(25)24(12)19(27)28-11-13-5-3-2-4-6-13/h2-10,12H,11H2,1H3/t12-/m0/s1. The van der Waals surface area contributed by atoms with Gasteiger partial charge in [0, 0.05) is 5.39 Å². The van der Waals surface area contributed by atoms with Gasteiger partial charge in [0.05, 0.1) is 11.1 Å². The molecule has 1 atom stereocenters. The molecule has 1 amide bonds. The Hall–Kier alpha value is -3.29. The number of benzene rings is 2. The van der Waals surface area contributed by atoms with E-state index in [1.54, 1.807) is 24.3 Å². The number of carbonyl (C=O) groups is 2. The lowest BCUT2D eigenvalue weighted by Crippen LogP contribution is -2.38. The smallest absolute Gasteiger partial charge is 0.416 e. The molecule has 2 aromatic carbocycles. The molecule has 0 saturated carbocycles. The van der Waals surface area contributed by atoms with E-state index >= 15 is 0 Å². The molecule has 5 nitrogen and oxygen atoms in total. The van der Waals surface area contributed by atoms with Gasteiger partial charge in [-0.05, 0) is 30.7 Å².